The number of fused-ring (bicyclic) bond motifs is 1. The van der Waals surface area contributed by atoms with Gasteiger partial charge >= 0.3 is 0 Å². The molecular formula is C19H20N8S. The van der Waals surface area contributed by atoms with E-state index in [9.17, 15) is 0 Å². The zero-order chi connectivity index (χ0) is 19.1. The van der Waals surface area contributed by atoms with E-state index in [2.05, 4.69) is 25.9 Å². The first-order chi connectivity index (χ1) is 13.7. The standard InChI is InChI=1S/C19H20N8S/c1-25-17(20)15-16(13-5-4-12-28-13)22-19(23-18(15)24-25)27-10-8-26(9-11-27)14-6-2-3-7-21-14/h2-7,12H,8-11,20H2,1H3. The van der Waals surface area contributed by atoms with Crippen LogP contribution in [0.3, 0.4) is 0 Å². The van der Waals surface area contributed by atoms with Crippen LogP contribution >= 0.6 is 11.3 Å². The molecule has 0 aliphatic carbocycles. The van der Waals surface area contributed by atoms with Crippen molar-refractivity contribution in [3.63, 3.8) is 0 Å². The Bertz CT molecular complexity index is 1100. The van der Waals surface area contributed by atoms with E-state index >= 15 is 0 Å². The number of pyridine rings is 1. The fourth-order valence-corrected chi connectivity index (χ4v) is 4.23. The number of anilines is 3. The van der Waals surface area contributed by atoms with E-state index in [4.69, 9.17) is 15.7 Å². The van der Waals surface area contributed by atoms with Crippen LogP contribution in [0.2, 0.25) is 0 Å². The van der Waals surface area contributed by atoms with E-state index in [0.29, 0.717) is 17.4 Å². The minimum absolute atomic E-state index is 0.588. The summed E-state index contributed by atoms with van der Waals surface area (Å²) in [5.41, 5.74) is 7.75. The molecule has 0 spiro atoms. The Kier molecular flexibility index (Phi) is 4.09. The minimum atomic E-state index is 0.588. The van der Waals surface area contributed by atoms with Gasteiger partial charge in [0, 0.05) is 39.4 Å². The fourth-order valence-electron chi connectivity index (χ4n) is 3.51. The molecule has 5 rings (SSSR count). The van der Waals surface area contributed by atoms with Crippen LogP contribution in [0.25, 0.3) is 21.6 Å². The normalized spacial score (nSPS) is 14.8. The SMILES string of the molecule is Cn1nc2nc(N3CCN(c4ccccn4)CC3)nc(-c3cccs3)c2c1N. The zero-order valence-corrected chi connectivity index (χ0v) is 16.3. The lowest BCUT2D eigenvalue weighted by molar-refractivity contribution is 0.635. The highest BCUT2D eigenvalue weighted by molar-refractivity contribution is 7.13. The van der Waals surface area contributed by atoms with Crippen LogP contribution < -0.4 is 15.5 Å². The van der Waals surface area contributed by atoms with E-state index in [-0.39, 0.29) is 0 Å². The molecule has 0 bridgehead atoms. The number of hydrogen-bond donors (Lipinski definition) is 1. The van der Waals surface area contributed by atoms with Gasteiger partial charge in [0.25, 0.3) is 0 Å². The second kappa shape index (κ2) is 6.75. The molecule has 28 heavy (non-hydrogen) atoms. The fraction of sp³-hybridized carbons (Fsp3) is 0.263. The molecule has 2 N–H and O–H groups in total. The summed E-state index contributed by atoms with van der Waals surface area (Å²) in [5, 5.41) is 7.36. The number of aromatic nitrogens is 5. The van der Waals surface area contributed by atoms with Gasteiger partial charge in [0.05, 0.1) is 16.0 Å². The summed E-state index contributed by atoms with van der Waals surface area (Å²) in [6.45, 7) is 3.40. The monoisotopic (exact) mass is 392 g/mol. The van der Waals surface area contributed by atoms with Gasteiger partial charge < -0.3 is 15.5 Å². The lowest BCUT2D eigenvalue weighted by Gasteiger charge is -2.35. The molecule has 1 aliphatic rings. The van der Waals surface area contributed by atoms with Crippen molar-refractivity contribution < 1.29 is 0 Å². The maximum Gasteiger partial charge on any atom is 0.228 e. The number of piperazine rings is 1. The quantitative estimate of drug-likeness (QED) is 0.573. The predicted octanol–water partition coefficient (Wildman–Crippen LogP) is 2.40. The van der Waals surface area contributed by atoms with E-state index < -0.39 is 0 Å². The highest BCUT2D eigenvalue weighted by atomic mass is 32.1. The highest BCUT2D eigenvalue weighted by Crippen LogP contribution is 2.34. The molecule has 0 atom stereocenters. The molecule has 5 heterocycles. The van der Waals surface area contributed by atoms with E-state index in [1.54, 1.807) is 16.0 Å². The van der Waals surface area contributed by atoms with Crippen molar-refractivity contribution in [2.24, 2.45) is 7.05 Å². The van der Waals surface area contributed by atoms with Crippen LogP contribution in [-0.4, -0.2) is 50.9 Å². The largest absolute Gasteiger partial charge is 0.383 e. The van der Waals surface area contributed by atoms with Crippen molar-refractivity contribution in [1.29, 1.82) is 0 Å². The second-order valence-electron chi connectivity index (χ2n) is 6.72. The Morgan fingerprint density at radius 3 is 2.54 bits per heavy atom. The van der Waals surface area contributed by atoms with Crippen LogP contribution in [0.15, 0.2) is 41.9 Å². The smallest absolute Gasteiger partial charge is 0.228 e. The van der Waals surface area contributed by atoms with Crippen molar-refractivity contribution in [3.05, 3.63) is 41.9 Å². The Morgan fingerprint density at radius 2 is 1.82 bits per heavy atom. The summed E-state index contributed by atoms with van der Waals surface area (Å²) in [5.74, 6) is 2.30. The third kappa shape index (κ3) is 2.84. The summed E-state index contributed by atoms with van der Waals surface area (Å²) < 4.78 is 1.67. The van der Waals surface area contributed by atoms with Crippen molar-refractivity contribution in [1.82, 2.24) is 24.7 Å². The van der Waals surface area contributed by atoms with E-state index in [1.807, 2.05) is 42.9 Å². The molecule has 1 saturated heterocycles. The molecule has 4 aromatic heterocycles. The summed E-state index contributed by atoms with van der Waals surface area (Å²) in [6, 6.07) is 10.1. The molecule has 142 valence electrons. The number of hydrogen-bond acceptors (Lipinski definition) is 8. The lowest BCUT2D eigenvalue weighted by Crippen LogP contribution is -2.47. The van der Waals surface area contributed by atoms with Gasteiger partial charge in [0.2, 0.25) is 5.95 Å². The van der Waals surface area contributed by atoms with Gasteiger partial charge in [-0.1, -0.05) is 12.1 Å². The Labute approximate surface area is 166 Å². The van der Waals surface area contributed by atoms with Gasteiger partial charge in [-0.3, -0.25) is 4.68 Å². The summed E-state index contributed by atoms with van der Waals surface area (Å²) in [6.07, 6.45) is 1.83. The van der Waals surface area contributed by atoms with Crippen LogP contribution in [-0.2, 0) is 7.05 Å². The first-order valence-electron chi connectivity index (χ1n) is 9.16. The Morgan fingerprint density at radius 1 is 1.00 bits per heavy atom. The van der Waals surface area contributed by atoms with Gasteiger partial charge in [-0.05, 0) is 23.6 Å². The Hall–Kier alpha value is -3.20. The molecule has 0 amide bonds. The molecule has 9 heteroatoms. The molecular weight excluding hydrogens is 372 g/mol. The van der Waals surface area contributed by atoms with Gasteiger partial charge in [0.15, 0.2) is 5.65 Å². The third-order valence-corrected chi connectivity index (χ3v) is 5.89. The van der Waals surface area contributed by atoms with Gasteiger partial charge in [-0.15, -0.1) is 11.3 Å². The number of nitrogens with zero attached hydrogens (tertiary/aromatic N) is 7. The number of thiophene rings is 1. The number of nitrogens with two attached hydrogens (primary N) is 1. The molecule has 4 aromatic rings. The third-order valence-electron chi connectivity index (χ3n) is 5.02. The van der Waals surface area contributed by atoms with Crippen LogP contribution in [0, 0.1) is 0 Å². The lowest BCUT2D eigenvalue weighted by atomic mass is 10.2. The molecule has 0 saturated carbocycles. The average molecular weight is 392 g/mol. The van der Waals surface area contributed by atoms with Crippen LogP contribution in [0.4, 0.5) is 17.6 Å². The van der Waals surface area contributed by atoms with E-state index in [0.717, 1.165) is 48.0 Å². The number of nitrogen functional groups attached to an aromatic ring is 1. The molecule has 0 aromatic carbocycles. The second-order valence-corrected chi connectivity index (χ2v) is 7.67. The average Bonchev–Trinajstić information content (AvgIpc) is 3.37. The first kappa shape index (κ1) is 16.9. The molecule has 0 radical (unpaired) electrons. The summed E-state index contributed by atoms with van der Waals surface area (Å²) >= 11 is 1.64. The van der Waals surface area contributed by atoms with Crippen LogP contribution in [0.1, 0.15) is 0 Å². The molecule has 0 unspecified atom stereocenters. The highest BCUT2D eigenvalue weighted by Gasteiger charge is 2.23. The minimum Gasteiger partial charge on any atom is -0.383 e. The Balaban J connectivity index is 1.49. The van der Waals surface area contributed by atoms with Crippen LogP contribution in [0.5, 0.6) is 0 Å². The molecule has 1 aliphatic heterocycles. The first-order valence-corrected chi connectivity index (χ1v) is 10.0. The predicted molar refractivity (Wildman–Crippen MR) is 113 cm³/mol. The summed E-state index contributed by atoms with van der Waals surface area (Å²) in [4.78, 5) is 19.6. The maximum absolute atomic E-state index is 6.25. The van der Waals surface area contributed by atoms with Crippen molar-refractivity contribution in [2.75, 3.05) is 41.7 Å². The van der Waals surface area contributed by atoms with Gasteiger partial charge in [0.1, 0.15) is 11.6 Å². The molecule has 1 fully saturated rings. The van der Waals surface area contributed by atoms with Gasteiger partial charge in [-0.2, -0.15) is 10.1 Å². The topological polar surface area (TPSA) is 89.0 Å². The molecule has 8 nitrogen and oxygen atoms in total. The van der Waals surface area contributed by atoms with Crippen molar-refractivity contribution >= 4 is 40.0 Å². The number of rotatable bonds is 3. The van der Waals surface area contributed by atoms with Gasteiger partial charge in [-0.25, -0.2) is 9.97 Å². The zero-order valence-electron chi connectivity index (χ0n) is 15.5. The maximum atomic E-state index is 6.25. The van der Waals surface area contributed by atoms with Crippen molar-refractivity contribution in [3.8, 4) is 10.6 Å². The number of aryl methyl sites for hydroxylation is 1. The van der Waals surface area contributed by atoms with Crippen molar-refractivity contribution in [2.45, 2.75) is 0 Å². The van der Waals surface area contributed by atoms with E-state index in [1.165, 1.54) is 0 Å². The summed E-state index contributed by atoms with van der Waals surface area (Å²) in [7, 11) is 1.83.